The van der Waals surface area contributed by atoms with Crippen LogP contribution in [0.2, 0.25) is 0 Å². The van der Waals surface area contributed by atoms with Crippen molar-refractivity contribution in [1.29, 1.82) is 0 Å². The van der Waals surface area contributed by atoms with Gasteiger partial charge in [0, 0.05) is 18.8 Å². The second-order valence-corrected chi connectivity index (χ2v) is 5.56. The Balaban J connectivity index is 1.87. The van der Waals surface area contributed by atoms with E-state index in [1.807, 2.05) is 0 Å². The molecule has 1 aliphatic carbocycles. The van der Waals surface area contributed by atoms with Crippen molar-refractivity contribution in [3.63, 3.8) is 0 Å². The maximum Gasteiger partial charge on any atom is 0.226 e. The fraction of sp³-hybridized carbons (Fsp3) is 0.846. The van der Waals surface area contributed by atoms with E-state index in [9.17, 15) is 19.8 Å². The fourth-order valence-electron chi connectivity index (χ4n) is 3.13. The molecular formula is C13H21NO4. The lowest BCUT2D eigenvalue weighted by Gasteiger charge is -2.33. The molecule has 0 aromatic heterocycles. The normalized spacial score (nSPS) is 32.1. The molecule has 102 valence electrons. The molecule has 18 heavy (non-hydrogen) atoms. The van der Waals surface area contributed by atoms with E-state index >= 15 is 0 Å². The van der Waals surface area contributed by atoms with Crippen LogP contribution >= 0.6 is 0 Å². The second kappa shape index (κ2) is 5.80. The highest BCUT2D eigenvalue weighted by molar-refractivity contribution is 5.97. The lowest BCUT2D eigenvalue weighted by atomic mass is 9.78. The smallest absolute Gasteiger partial charge is 0.226 e. The number of hydrogen-bond acceptors (Lipinski definition) is 4. The Kier molecular flexibility index (Phi) is 4.35. The van der Waals surface area contributed by atoms with Crippen molar-refractivity contribution in [1.82, 2.24) is 5.32 Å². The zero-order chi connectivity index (χ0) is 13.1. The highest BCUT2D eigenvalue weighted by Crippen LogP contribution is 2.31. The third-order valence-electron chi connectivity index (χ3n) is 4.08. The molecule has 0 radical (unpaired) electrons. The summed E-state index contributed by atoms with van der Waals surface area (Å²) in [6.45, 7) is 0. The van der Waals surface area contributed by atoms with Crippen molar-refractivity contribution >= 4 is 11.8 Å². The molecule has 1 aliphatic heterocycles. The van der Waals surface area contributed by atoms with Gasteiger partial charge in [-0.2, -0.15) is 0 Å². The van der Waals surface area contributed by atoms with Crippen LogP contribution < -0.4 is 5.32 Å². The van der Waals surface area contributed by atoms with E-state index in [0.29, 0.717) is 19.3 Å². The van der Waals surface area contributed by atoms with Crippen LogP contribution in [0.3, 0.4) is 0 Å². The van der Waals surface area contributed by atoms with Crippen LogP contribution in [0.15, 0.2) is 0 Å². The van der Waals surface area contributed by atoms with E-state index < -0.39 is 12.2 Å². The van der Waals surface area contributed by atoms with Crippen LogP contribution in [0.1, 0.15) is 44.9 Å². The zero-order valence-electron chi connectivity index (χ0n) is 10.5. The van der Waals surface area contributed by atoms with Crippen LogP contribution in [-0.2, 0) is 9.59 Å². The molecule has 5 heteroatoms. The number of hydrogen-bond donors (Lipinski definition) is 3. The first-order valence-electron chi connectivity index (χ1n) is 6.75. The van der Waals surface area contributed by atoms with Crippen molar-refractivity contribution in [2.24, 2.45) is 11.8 Å². The van der Waals surface area contributed by atoms with E-state index in [0.717, 1.165) is 25.7 Å². The standard InChI is InChI=1S/C13H21NO4/c15-10-4-2-1-3-9(10)11(16)5-8-6-12(17)14-13(18)7-8/h8-11,15-16H,1-7H2,(H,14,17,18)/t9-,10+,11+/m1/s1. The van der Waals surface area contributed by atoms with Crippen molar-refractivity contribution < 1.29 is 19.8 Å². The Morgan fingerprint density at radius 1 is 1.17 bits per heavy atom. The van der Waals surface area contributed by atoms with Gasteiger partial charge >= 0.3 is 0 Å². The molecule has 1 saturated carbocycles. The highest BCUT2D eigenvalue weighted by atomic mass is 16.3. The summed E-state index contributed by atoms with van der Waals surface area (Å²) in [6.07, 6.45) is 3.59. The minimum atomic E-state index is -0.607. The predicted octanol–water partition coefficient (Wildman–Crippen LogP) is 0.341. The van der Waals surface area contributed by atoms with Gasteiger partial charge in [-0.1, -0.05) is 12.8 Å². The highest BCUT2D eigenvalue weighted by Gasteiger charge is 2.33. The Labute approximate surface area is 107 Å². The first kappa shape index (κ1) is 13.5. The minimum absolute atomic E-state index is 0.0876. The van der Waals surface area contributed by atoms with Gasteiger partial charge in [0.25, 0.3) is 0 Å². The van der Waals surface area contributed by atoms with Gasteiger partial charge in [-0.05, 0) is 25.2 Å². The van der Waals surface area contributed by atoms with Gasteiger partial charge in [0.05, 0.1) is 12.2 Å². The van der Waals surface area contributed by atoms with Gasteiger partial charge < -0.3 is 10.2 Å². The topological polar surface area (TPSA) is 86.6 Å². The second-order valence-electron chi connectivity index (χ2n) is 5.56. The van der Waals surface area contributed by atoms with E-state index in [-0.39, 0.29) is 23.7 Å². The Morgan fingerprint density at radius 2 is 1.78 bits per heavy atom. The number of amides is 2. The van der Waals surface area contributed by atoms with Crippen molar-refractivity contribution in [3.8, 4) is 0 Å². The number of piperidine rings is 1. The molecule has 0 aromatic carbocycles. The van der Waals surface area contributed by atoms with Crippen molar-refractivity contribution in [2.45, 2.75) is 57.2 Å². The zero-order valence-corrected chi connectivity index (χ0v) is 10.5. The van der Waals surface area contributed by atoms with Gasteiger partial charge in [-0.15, -0.1) is 0 Å². The molecule has 2 aliphatic rings. The number of carbonyl (C=O) groups is 2. The quantitative estimate of drug-likeness (QED) is 0.635. The predicted molar refractivity (Wildman–Crippen MR) is 64.5 cm³/mol. The van der Waals surface area contributed by atoms with Gasteiger partial charge in [-0.25, -0.2) is 0 Å². The van der Waals surface area contributed by atoms with Gasteiger partial charge in [0.2, 0.25) is 11.8 Å². The molecular weight excluding hydrogens is 234 g/mol. The molecule has 0 aromatic rings. The van der Waals surface area contributed by atoms with Crippen molar-refractivity contribution in [3.05, 3.63) is 0 Å². The molecule has 0 spiro atoms. The fourth-order valence-corrected chi connectivity index (χ4v) is 3.13. The first-order chi connectivity index (χ1) is 8.56. The summed E-state index contributed by atoms with van der Waals surface area (Å²) in [5, 5.41) is 22.3. The number of aliphatic hydroxyl groups excluding tert-OH is 2. The van der Waals surface area contributed by atoms with Crippen LogP contribution in [-0.4, -0.2) is 34.2 Å². The number of imide groups is 1. The maximum atomic E-state index is 11.2. The van der Waals surface area contributed by atoms with Crippen LogP contribution in [0.25, 0.3) is 0 Å². The number of aliphatic hydroxyl groups is 2. The van der Waals surface area contributed by atoms with Crippen molar-refractivity contribution in [2.75, 3.05) is 0 Å². The lowest BCUT2D eigenvalue weighted by molar-refractivity contribution is -0.135. The van der Waals surface area contributed by atoms with Gasteiger partial charge in [0.15, 0.2) is 0 Å². The Bertz CT molecular complexity index is 315. The summed E-state index contributed by atoms with van der Waals surface area (Å²) in [5.41, 5.74) is 0. The third kappa shape index (κ3) is 3.29. The average molecular weight is 255 g/mol. The van der Waals surface area contributed by atoms with E-state index in [1.165, 1.54) is 0 Å². The number of carbonyl (C=O) groups excluding carboxylic acids is 2. The summed E-state index contributed by atoms with van der Waals surface area (Å²) in [5.74, 6) is -0.700. The molecule has 5 nitrogen and oxygen atoms in total. The maximum absolute atomic E-state index is 11.2. The molecule has 1 saturated heterocycles. The summed E-state index contributed by atoms with van der Waals surface area (Å²) in [6, 6.07) is 0. The molecule has 0 unspecified atom stereocenters. The molecule has 2 rings (SSSR count). The molecule has 3 atom stereocenters. The summed E-state index contributed by atoms with van der Waals surface area (Å²) >= 11 is 0. The third-order valence-corrected chi connectivity index (χ3v) is 4.08. The minimum Gasteiger partial charge on any atom is -0.393 e. The number of rotatable bonds is 3. The van der Waals surface area contributed by atoms with Crippen LogP contribution in [0, 0.1) is 11.8 Å². The van der Waals surface area contributed by atoms with Crippen LogP contribution in [0.5, 0.6) is 0 Å². The van der Waals surface area contributed by atoms with E-state index in [4.69, 9.17) is 0 Å². The SMILES string of the molecule is O=C1CC(C[C@H](O)[C@@H]2CCCC[C@@H]2O)CC(=O)N1. The average Bonchev–Trinajstić information content (AvgIpc) is 2.27. The van der Waals surface area contributed by atoms with Gasteiger partial charge in [0.1, 0.15) is 0 Å². The monoisotopic (exact) mass is 255 g/mol. The molecule has 2 amide bonds. The number of nitrogens with one attached hydrogen (secondary N) is 1. The van der Waals surface area contributed by atoms with Gasteiger partial charge in [-0.3, -0.25) is 14.9 Å². The van der Waals surface area contributed by atoms with E-state index in [1.54, 1.807) is 0 Å². The molecule has 3 N–H and O–H groups in total. The summed E-state index contributed by atoms with van der Waals surface area (Å²) < 4.78 is 0. The van der Waals surface area contributed by atoms with Crippen LogP contribution in [0.4, 0.5) is 0 Å². The Morgan fingerprint density at radius 3 is 2.39 bits per heavy atom. The summed E-state index contributed by atoms with van der Waals surface area (Å²) in [4.78, 5) is 22.5. The molecule has 2 fully saturated rings. The molecule has 1 heterocycles. The largest absolute Gasteiger partial charge is 0.393 e. The lowest BCUT2D eigenvalue weighted by Crippen LogP contribution is -2.41. The Hall–Kier alpha value is -0.940. The molecule has 0 bridgehead atoms. The summed E-state index contributed by atoms with van der Waals surface area (Å²) in [7, 11) is 0. The van der Waals surface area contributed by atoms with E-state index in [2.05, 4.69) is 5.32 Å². The first-order valence-corrected chi connectivity index (χ1v) is 6.75.